The Labute approximate surface area is 195 Å². The number of nitrogens with one attached hydrogen (secondary N) is 1. The number of benzene rings is 1. The van der Waals surface area contributed by atoms with Crippen LogP contribution in [0.5, 0.6) is 0 Å². The lowest BCUT2D eigenvalue weighted by Gasteiger charge is -2.17. The smallest absolute Gasteiger partial charge is 0.257 e. The first-order valence-electron chi connectivity index (χ1n) is 10.1. The van der Waals surface area contributed by atoms with E-state index in [-0.39, 0.29) is 31.4 Å². The molecule has 0 atom stereocenters. The maximum Gasteiger partial charge on any atom is 0.257 e. The molecular weight excluding hydrogens is 451 g/mol. The van der Waals surface area contributed by atoms with Gasteiger partial charge >= 0.3 is 0 Å². The standard InChI is InChI=1S/C22H22Cl2N6O2/c1-3-30-18(6-7-26-30)28-19(31)11-29-10-17-21(22(29)32)20(15(9-25)12(2)27-17)14-5-4-13(23)8-16(14)24/h4-8H,3,9-11,25H2,1-2H3,(H,28,31). The molecule has 8 nitrogen and oxygen atoms in total. The average molecular weight is 473 g/mol. The lowest BCUT2D eigenvalue weighted by atomic mass is 9.93. The summed E-state index contributed by atoms with van der Waals surface area (Å²) in [6, 6.07) is 6.82. The highest BCUT2D eigenvalue weighted by Gasteiger charge is 2.35. The highest BCUT2D eigenvalue weighted by Crippen LogP contribution is 2.39. The minimum absolute atomic E-state index is 0.116. The van der Waals surface area contributed by atoms with Gasteiger partial charge in [-0.25, -0.2) is 4.68 Å². The van der Waals surface area contributed by atoms with Gasteiger partial charge in [0, 0.05) is 46.0 Å². The van der Waals surface area contributed by atoms with Crippen molar-refractivity contribution in [3.8, 4) is 11.1 Å². The molecule has 3 heterocycles. The van der Waals surface area contributed by atoms with E-state index in [2.05, 4.69) is 15.4 Å². The molecule has 0 spiro atoms. The van der Waals surface area contributed by atoms with Crippen molar-refractivity contribution in [1.82, 2.24) is 19.7 Å². The van der Waals surface area contributed by atoms with Crippen LogP contribution in [0.3, 0.4) is 0 Å². The number of nitrogens with two attached hydrogens (primary N) is 1. The molecule has 0 saturated carbocycles. The van der Waals surface area contributed by atoms with E-state index < -0.39 is 0 Å². The summed E-state index contributed by atoms with van der Waals surface area (Å²) in [7, 11) is 0. The van der Waals surface area contributed by atoms with Gasteiger partial charge < -0.3 is 16.0 Å². The fourth-order valence-electron chi connectivity index (χ4n) is 3.97. The first kappa shape index (κ1) is 22.3. The van der Waals surface area contributed by atoms with Gasteiger partial charge in [-0.15, -0.1) is 0 Å². The Morgan fingerprint density at radius 2 is 2.03 bits per heavy atom. The van der Waals surface area contributed by atoms with Crippen molar-refractivity contribution in [2.24, 2.45) is 5.73 Å². The summed E-state index contributed by atoms with van der Waals surface area (Å²) in [5.74, 6) is -0.0275. The molecule has 0 bridgehead atoms. The van der Waals surface area contributed by atoms with Crippen molar-refractivity contribution in [2.45, 2.75) is 33.5 Å². The largest absolute Gasteiger partial charge is 0.326 e. The molecule has 0 radical (unpaired) electrons. The van der Waals surface area contributed by atoms with Crippen LogP contribution >= 0.6 is 23.2 Å². The summed E-state index contributed by atoms with van der Waals surface area (Å²) in [5, 5.41) is 7.84. The van der Waals surface area contributed by atoms with Crippen LogP contribution in [0.2, 0.25) is 10.0 Å². The van der Waals surface area contributed by atoms with Crippen LogP contribution in [0, 0.1) is 6.92 Å². The van der Waals surface area contributed by atoms with E-state index in [0.29, 0.717) is 44.8 Å². The molecule has 0 aliphatic carbocycles. The van der Waals surface area contributed by atoms with Crippen LogP contribution < -0.4 is 11.1 Å². The number of aryl methyl sites for hydroxylation is 2. The monoisotopic (exact) mass is 472 g/mol. The SMILES string of the molecule is CCn1nccc1NC(=O)CN1Cc2nc(C)c(CN)c(-c3ccc(Cl)cc3Cl)c2C1=O. The molecule has 2 amide bonds. The van der Waals surface area contributed by atoms with Crippen LogP contribution in [-0.2, 0) is 24.4 Å². The van der Waals surface area contributed by atoms with Gasteiger partial charge in [0.25, 0.3) is 5.91 Å². The normalized spacial score (nSPS) is 12.9. The van der Waals surface area contributed by atoms with E-state index in [1.54, 1.807) is 35.1 Å². The van der Waals surface area contributed by atoms with Gasteiger partial charge in [-0.05, 0) is 31.5 Å². The molecule has 32 heavy (non-hydrogen) atoms. The summed E-state index contributed by atoms with van der Waals surface area (Å²) in [4.78, 5) is 32.1. The number of carbonyl (C=O) groups is 2. The van der Waals surface area contributed by atoms with Gasteiger partial charge in [0.15, 0.2) is 0 Å². The predicted octanol–water partition coefficient (Wildman–Crippen LogP) is 3.63. The Morgan fingerprint density at radius 1 is 1.25 bits per heavy atom. The van der Waals surface area contributed by atoms with Gasteiger partial charge in [0.1, 0.15) is 12.4 Å². The average Bonchev–Trinajstić information content (AvgIpc) is 3.31. The molecule has 1 aliphatic rings. The number of fused-ring (bicyclic) bond motifs is 1. The minimum Gasteiger partial charge on any atom is -0.326 e. The Kier molecular flexibility index (Phi) is 6.19. The lowest BCUT2D eigenvalue weighted by Crippen LogP contribution is -2.34. The number of anilines is 1. The summed E-state index contributed by atoms with van der Waals surface area (Å²) in [6.07, 6.45) is 1.61. The van der Waals surface area contributed by atoms with Gasteiger partial charge in [-0.3, -0.25) is 14.6 Å². The second kappa shape index (κ2) is 8.90. The molecular formula is C22H22Cl2N6O2. The summed E-state index contributed by atoms with van der Waals surface area (Å²) < 4.78 is 1.66. The number of pyridine rings is 1. The number of aromatic nitrogens is 3. The van der Waals surface area contributed by atoms with Crippen molar-refractivity contribution in [2.75, 3.05) is 11.9 Å². The van der Waals surface area contributed by atoms with Crippen molar-refractivity contribution < 1.29 is 9.59 Å². The van der Waals surface area contributed by atoms with E-state index in [1.807, 2.05) is 13.8 Å². The van der Waals surface area contributed by atoms with Crippen molar-refractivity contribution in [1.29, 1.82) is 0 Å². The number of nitrogens with zero attached hydrogens (tertiary/aromatic N) is 4. The van der Waals surface area contributed by atoms with E-state index >= 15 is 0 Å². The fraction of sp³-hybridized carbons (Fsp3) is 0.273. The van der Waals surface area contributed by atoms with Crippen LogP contribution in [0.15, 0.2) is 30.5 Å². The van der Waals surface area contributed by atoms with Crippen molar-refractivity contribution in [3.05, 3.63) is 63.0 Å². The number of halogens is 2. The minimum atomic E-state index is -0.316. The summed E-state index contributed by atoms with van der Waals surface area (Å²) in [6.45, 7) is 4.69. The van der Waals surface area contributed by atoms with Crippen LogP contribution in [0.4, 0.5) is 5.82 Å². The molecule has 0 saturated heterocycles. The molecule has 4 rings (SSSR count). The number of amides is 2. The molecule has 3 aromatic rings. The fourth-order valence-corrected chi connectivity index (χ4v) is 4.47. The summed E-state index contributed by atoms with van der Waals surface area (Å²) in [5.41, 5.74) is 9.80. The van der Waals surface area contributed by atoms with E-state index in [1.165, 1.54) is 4.90 Å². The Morgan fingerprint density at radius 3 is 2.72 bits per heavy atom. The molecule has 2 aromatic heterocycles. The molecule has 10 heteroatoms. The number of rotatable bonds is 6. The van der Waals surface area contributed by atoms with Crippen LogP contribution in [-0.4, -0.2) is 38.0 Å². The van der Waals surface area contributed by atoms with Gasteiger partial charge in [0.2, 0.25) is 5.91 Å². The zero-order valence-electron chi connectivity index (χ0n) is 17.7. The van der Waals surface area contributed by atoms with E-state index in [9.17, 15) is 9.59 Å². The second-order valence-corrected chi connectivity index (χ2v) is 8.29. The first-order chi connectivity index (χ1) is 15.3. The van der Waals surface area contributed by atoms with Crippen molar-refractivity contribution in [3.63, 3.8) is 0 Å². The lowest BCUT2D eigenvalue weighted by molar-refractivity contribution is -0.117. The van der Waals surface area contributed by atoms with E-state index in [0.717, 1.165) is 11.3 Å². The molecule has 0 unspecified atom stereocenters. The second-order valence-electron chi connectivity index (χ2n) is 7.44. The third-order valence-electron chi connectivity index (χ3n) is 5.44. The van der Waals surface area contributed by atoms with Gasteiger partial charge in [0.05, 0.1) is 24.0 Å². The van der Waals surface area contributed by atoms with Crippen LogP contribution in [0.1, 0.15) is 34.2 Å². The topological polar surface area (TPSA) is 106 Å². The molecule has 166 valence electrons. The zero-order chi connectivity index (χ0) is 23.0. The van der Waals surface area contributed by atoms with Crippen LogP contribution in [0.25, 0.3) is 11.1 Å². The Hall–Kier alpha value is -2.94. The van der Waals surface area contributed by atoms with Gasteiger partial charge in [-0.1, -0.05) is 29.3 Å². The summed E-state index contributed by atoms with van der Waals surface area (Å²) >= 11 is 12.5. The number of hydrogen-bond acceptors (Lipinski definition) is 5. The Bertz CT molecular complexity index is 1220. The van der Waals surface area contributed by atoms with Gasteiger partial charge in [-0.2, -0.15) is 5.10 Å². The molecule has 1 aliphatic heterocycles. The predicted molar refractivity (Wildman–Crippen MR) is 124 cm³/mol. The zero-order valence-corrected chi connectivity index (χ0v) is 19.2. The molecule has 1 aromatic carbocycles. The third-order valence-corrected chi connectivity index (χ3v) is 5.99. The quantitative estimate of drug-likeness (QED) is 0.569. The van der Waals surface area contributed by atoms with E-state index in [4.69, 9.17) is 28.9 Å². The number of carbonyl (C=O) groups excluding carboxylic acids is 2. The highest BCUT2D eigenvalue weighted by molar-refractivity contribution is 6.36. The first-order valence-corrected chi connectivity index (χ1v) is 10.9. The Balaban J connectivity index is 1.68. The molecule has 0 fully saturated rings. The van der Waals surface area contributed by atoms with Crippen molar-refractivity contribution >= 4 is 40.8 Å². The third kappa shape index (κ3) is 3.97. The maximum absolute atomic E-state index is 13.4. The molecule has 3 N–H and O–H groups in total. The maximum atomic E-state index is 13.4. The highest BCUT2D eigenvalue weighted by atomic mass is 35.5. The number of hydrogen-bond donors (Lipinski definition) is 2.